The van der Waals surface area contributed by atoms with Crippen LogP contribution >= 0.6 is 11.6 Å². The van der Waals surface area contributed by atoms with Crippen LogP contribution in [0.3, 0.4) is 0 Å². The van der Waals surface area contributed by atoms with Gasteiger partial charge in [0.1, 0.15) is 5.69 Å². The molecule has 4 nitrogen and oxygen atoms in total. The second-order valence-corrected chi connectivity index (χ2v) is 4.99. The number of nitro groups is 1. The van der Waals surface area contributed by atoms with Gasteiger partial charge in [0.2, 0.25) is 0 Å². The van der Waals surface area contributed by atoms with Gasteiger partial charge >= 0.3 is 0 Å². The average molecular weight is 269 g/mol. The van der Waals surface area contributed by atoms with E-state index < -0.39 is 0 Å². The summed E-state index contributed by atoms with van der Waals surface area (Å²) in [6.07, 6.45) is 2.25. The van der Waals surface area contributed by atoms with Gasteiger partial charge < -0.3 is 4.90 Å². The first kappa shape index (κ1) is 13.1. The van der Waals surface area contributed by atoms with Crippen LogP contribution in [0.15, 0.2) is 18.2 Å². The highest BCUT2D eigenvalue weighted by molar-refractivity contribution is 6.17. The van der Waals surface area contributed by atoms with Crippen LogP contribution in [-0.2, 0) is 5.88 Å². The minimum Gasteiger partial charge on any atom is -0.366 e. The van der Waals surface area contributed by atoms with Gasteiger partial charge in [0.15, 0.2) is 0 Å². The van der Waals surface area contributed by atoms with E-state index in [4.69, 9.17) is 11.6 Å². The average Bonchev–Trinajstić information content (AvgIpc) is 2.86. The Morgan fingerprint density at radius 3 is 2.89 bits per heavy atom. The summed E-state index contributed by atoms with van der Waals surface area (Å²) in [5, 5.41) is 11.1. The molecule has 1 aromatic rings. The number of nitrogens with zero attached hydrogens (tertiary/aromatic N) is 2. The molecule has 1 saturated heterocycles. The Balaban J connectivity index is 2.30. The molecular weight excluding hydrogens is 252 g/mol. The maximum absolute atomic E-state index is 11.1. The smallest absolute Gasteiger partial charge is 0.292 e. The van der Waals surface area contributed by atoms with Crippen molar-refractivity contribution in [3.63, 3.8) is 0 Å². The normalized spacial score (nSPS) is 19.2. The molecule has 0 aliphatic carbocycles. The van der Waals surface area contributed by atoms with Gasteiger partial charge in [0, 0.05) is 25.0 Å². The second-order valence-electron chi connectivity index (χ2n) is 4.72. The molecule has 0 N–H and O–H groups in total. The standard InChI is InChI=1S/C13H17ClN2O2/c1-2-10-5-6-15(9-10)12-4-3-11(8-14)7-13(12)16(17)18/h3-4,7,10H,2,5-6,8-9H2,1H3. The number of nitro benzene ring substituents is 1. The van der Waals surface area contributed by atoms with Gasteiger partial charge in [0.05, 0.1) is 4.92 Å². The molecule has 18 heavy (non-hydrogen) atoms. The second kappa shape index (κ2) is 5.57. The fourth-order valence-electron chi connectivity index (χ4n) is 2.45. The maximum Gasteiger partial charge on any atom is 0.292 e. The minimum absolute atomic E-state index is 0.171. The fraction of sp³-hybridized carbons (Fsp3) is 0.538. The van der Waals surface area contributed by atoms with Crippen molar-refractivity contribution in [1.82, 2.24) is 0 Å². The van der Waals surface area contributed by atoms with Gasteiger partial charge in [-0.3, -0.25) is 10.1 Å². The summed E-state index contributed by atoms with van der Waals surface area (Å²) in [5.41, 5.74) is 1.69. The van der Waals surface area contributed by atoms with Crippen LogP contribution in [0.25, 0.3) is 0 Å². The van der Waals surface area contributed by atoms with Gasteiger partial charge in [-0.1, -0.05) is 19.4 Å². The largest absolute Gasteiger partial charge is 0.366 e. The Morgan fingerprint density at radius 2 is 2.33 bits per heavy atom. The zero-order valence-electron chi connectivity index (χ0n) is 10.4. The Hall–Kier alpha value is -1.29. The molecule has 98 valence electrons. The van der Waals surface area contributed by atoms with Crippen LogP contribution in [0.5, 0.6) is 0 Å². The van der Waals surface area contributed by atoms with Gasteiger partial charge in [-0.25, -0.2) is 0 Å². The molecule has 0 saturated carbocycles. The number of rotatable bonds is 4. The molecule has 5 heteroatoms. The first-order valence-electron chi connectivity index (χ1n) is 6.24. The molecule has 0 bridgehead atoms. The van der Waals surface area contributed by atoms with Crippen LogP contribution in [0, 0.1) is 16.0 Å². The van der Waals surface area contributed by atoms with Gasteiger partial charge in [-0.15, -0.1) is 11.6 Å². The topological polar surface area (TPSA) is 46.4 Å². The quantitative estimate of drug-likeness (QED) is 0.476. The first-order chi connectivity index (χ1) is 8.65. The highest BCUT2D eigenvalue weighted by atomic mass is 35.5. The van der Waals surface area contributed by atoms with Crippen molar-refractivity contribution >= 4 is 23.0 Å². The molecule has 0 spiro atoms. The van der Waals surface area contributed by atoms with Crippen LogP contribution in [0.2, 0.25) is 0 Å². The van der Waals surface area contributed by atoms with E-state index in [0.717, 1.165) is 37.2 Å². The lowest BCUT2D eigenvalue weighted by atomic mass is 10.1. The number of alkyl halides is 1. The van der Waals surface area contributed by atoms with Crippen LogP contribution < -0.4 is 4.90 Å². The van der Waals surface area contributed by atoms with Crippen molar-refractivity contribution in [3.8, 4) is 0 Å². The van der Waals surface area contributed by atoms with Crippen LogP contribution in [0.4, 0.5) is 11.4 Å². The van der Waals surface area contributed by atoms with Crippen LogP contribution in [0.1, 0.15) is 25.3 Å². The van der Waals surface area contributed by atoms with E-state index in [1.165, 1.54) is 0 Å². The molecule has 1 atom stereocenters. The molecule has 1 unspecified atom stereocenters. The number of hydrogen-bond acceptors (Lipinski definition) is 3. The molecule has 1 fully saturated rings. The molecule has 2 rings (SSSR count). The van der Waals surface area contributed by atoms with Crippen molar-refractivity contribution in [3.05, 3.63) is 33.9 Å². The summed E-state index contributed by atoms with van der Waals surface area (Å²) in [4.78, 5) is 12.9. The van der Waals surface area contributed by atoms with E-state index in [1.54, 1.807) is 6.07 Å². The molecule has 1 heterocycles. The van der Waals surface area contributed by atoms with Crippen molar-refractivity contribution in [1.29, 1.82) is 0 Å². The van der Waals surface area contributed by atoms with E-state index in [-0.39, 0.29) is 10.6 Å². The predicted octanol–water partition coefficient (Wildman–Crippen LogP) is 3.57. The molecular formula is C13H17ClN2O2. The maximum atomic E-state index is 11.1. The highest BCUT2D eigenvalue weighted by Crippen LogP contribution is 2.33. The van der Waals surface area contributed by atoms with E-state index in [0.29, 0.717) is 11.8 Å². The lowest BCUT2D eigenvalue weighted by molar-refractivity contribution is -0.384. The molecule has 0 amide bonds. The molecule has 1 aliphatic heterocycles. The third-order valence-corrected chi connectivity index (χ3v) is 3.90. The zero-order valence-corrected chi connectivity index (χ0v) is 11.2. The van der Waals surface area contributed by atoms with Crippen molar-refractivity contribution in [2.24, 2.45) is 5.92 Å². The minimum atomic E-state index is -0.315. The molecule has 1 aliphatic rings. The summed E-state index contributed by atoms with van der Waals surface area (Å²) >= 11 is 5.73. The van der Waals surface area contributed by atoms with Crippen molar-refractivity contribution < 1.29 is 4.92 Å². The number of anilines is 1. The predicted molar refractivity (Wildman–Crippen MR) is 73.3 cm³/mol. The summed E-state index contributed by atoms with van der Waals surface area (Å²) < 4.78 is 0. The Morgan fingerprint density at radius 1 is 1.56 bits per heavy atom. The summed E-state index contributed by atoms with van der Waals surface area (Å²) in [6.45, 7) is 3.98. The zero-order chi connectivity index (χ0) is 13.1. The fourth-order valence-corrected chi connectivity index (χ4v) is 2.62. The van der Waals surface area contributed by atoms with E-state index >= 15 is 0 Å². The third kappa shape index (κ3) is 2.58. The Kier molecular flexibility index (Phi) is 4.07. The molecule has 0 radical (unpaired) electrons. The number of benzene rings is 1. The molecule has 0 aromatic heterocycles. The summed E-state index contributed by atoms with van der Waals surface area (Å²) in [7, 11) is 0. The Bertz CT molecular complexity index is 451. The summed E-state index contributed by atoms with van der Waals surface area (Å²) in [5.74, 6) is 0.955. The van der Waals surface area contributed by atoms with Crippen molar-refractivity contribution in [2.75, 3.05) is 18.0 Å². The number of hydrogen-bond donors (Lipinski definition) is 0. The van der Waals surface area contributed by atoms with E-state index in [9.17, 15) is 10.1 Å². The lowest BCUT2D eigenvalue weighted by Crippen LogP contribution is -2.20. The summed E-state index contributed by atoms with van der Waals surface area (Å²) in [6, 6.07) is 5.28. The van der Waals surface area contributed by atoms with Crippen LogP contribution in [-0.4, -0.2) is 18.0 Å². The van der Waals surface area contributed by atoms with E-state index in [1.807, 2.05) is 12.1 Å². The van der Waals surface area contributed by atoms with Gasteiger partial charge in [-0.2, -0.15) is 0 Å². The van der Waals surface area contributed by atoms with Crippen molar-refractivity contribution in [2.45, 2.75) is 25.6 Å². The highest BCUT2D eigenvalue weighted by Gasteiger charge is 2.26. The first-order valence-corrected chi connectivity index (χ1v) is 6.77. The Labute approximate surface area is 112 Å². The van der Waals surface area contributed by atoms with Gasteiger partial charge in [-0.05, 0) is 24.0 Å². The number of halogens is 1. The van der Waals surface area contributed by atoms with Gasteiger partial charge in [0.25, 0.3) is 5.69 Å². The lowest BCUT2D eigenvalue weighted by Gasteiger charge is -2.18. The monoisotopic (exact) mass is 268 g/mol. The molecule has 1 aromatic carbocycles. The van der Waals surface area contributed by atoms with E-state index in [2.05, 4.69) is 11.8 Å². The SMILES string of the molecule is CCC1CCN(c2ccc(CCl)cc2[N+](=O)[O-])C1. The third-order valence-electron chi connectivity index (χ3n) is 3.59.